The van der Waals surface area contributed by atoms with Crippen LogP contribution in [0.25, 0.3) is 0 Å². The van der Waals surface area contributed by atoms with Crippen molar-refractivity contribution in [2.24, 2.45) is 5.10 Å². The highest BCUT2D eigenvalue weighted by Gasteiger charge is 2.33. The molecule has 128 valence electrons. The summed E-state index contributed by atoms with van der Waals surface area (Å²) < 4.78 is 18.5. The van der Waals surface area contributed by atoms with Crippen LogP contribution in [0.1, 0.15) is 26.7 Å². The smallest absolute Gasteiger partial charge is 0.282 e. The zero-order chi connectivity index (χ0) is 17.1. The number of halogens is 1. The van der Waals surface area contributed by atoms with Gasteiger partial charge in [0.2, 0.25) is 0 Å². The molecule has 1 fully saturated rings. The first kappa shape index (κ1) is 16.6. The lowest BCUT2D eigenvalue weighted by atomic mass is 10.0. The van der Waals surface area contributed by atoms with E-state index < -0.39 is 0 Å². The minimum atomic E-state index is -0.330. The predicted molar refractivity (Wildman–Crippen MR) is 91.3 cm³/mol. The summed E-state index contributed by atoms with van der Waals surface area (Å²) in [6.45, 7) is 6.92. The molecular formula is C18H22FN3O2. The molecule has 3 rings (SSSR count). The van der Waals surface area contributed by atoms with Gasteiger partial charge in [-0.05, 0) is 37.6 Å². The van der Waals surface area contributed by atoms with Crippen molar-refractivity contribution < 1.29 is 13.9 Å². The normalized spacial score (nSPS) is 20.5. The molecule has 1 aromatic carbocycles. The Kier molecular flexibility index (Phi) is 4.94. The average molecular weight is 331 g/mol. The molecule has 5 nitrogen and oxygen atoms in total. The first-order chi connectivity index (χ1) is 11.6. The molecule has 0 aliphatic carbocycles. The summed E-state index contributed by atoms with van der Waals surface area (Å²) >= 11 is 0. The molecule has 0 N–H and O–H groups in total. The zero-order valence-corrected chi connectivity index (χ0v) is 14.1. The quantitative estimate of drug-likeness (QED) is 0.797. The summed E-state index contributed by atoms with van der Waals surface area (Å²) in [5, 5.41) is 5.90. The number of hydrazone groups is 1. The number of morpholine rings is 1. The van der Waals surface area contributed by atoms with Crippen molar-refractivity contribution in [3.63, 3.8) is 0 Å². The molecule has 1 amide bonds. The van der Waals surface area contributed by atoms with Gasteiger partial charge in [0.15, 0.2) is 0 Å². The highest BCUT2D eigenvalue weighted by molar-refractivity contribution is 6.30. The van der Waals surface area contributed by atoms with E-state index in [-0.39, 0.29) is 11.7 Å². The van der Waals surface area contributed by atoms with E-state index in [1.165, 1.54) is 17.1 Å². The van der Waals surface area contributed by atoms with E-state index in [4.69, 9.17) is 4.74 Å². The van der Waals surface area contributed by atoms with E-state index in [1.807, 2.05) is 6.92 Å². The topological polar surface area (TPSA) is 45.1 Å². The van der Waals surface area contributed by atoms with Gasteiger partial charge in [-0.3, -0.25) is 4.79 Å². The highest BCUT2D eigenvalue weighted by Crippen LogP contribution is 2.28. The maximum atomic E-state index is 13.1. The summed E-state index contributed by atoms with van der Waals surface area (Å²) in [6, 6.07) is 5.84. The number of benzene rings is 1. The third-order valence-corrected chi connectivity index (χ3v) is 4.32. The van der Waals surface area contributed by atoms with Gasteiger partial charge in [0.1, 0.15) is 5.82 Å². The van der Waals surface area contributed by atoms with Crippen molar-refractivity contribution in [1.29, 1.82) is 0 Å². The molecule has 2 heterocycles. The molecule has 1 saturated heterocycles. The number of nitrogens with zero attached hydrogens (tertiary/aromatic N) is 3. The molecule has 0 atom stereocenters. The van der Waals surface area contributed by atoms with Gasteiger partial charge in [0.25, 0.3) is 5.91 Å². The SMILES string of the molecule is CCCC1=NN(c2ccc(F)cc2)C(=O)C1=C(C)N1CCOCC1. The Balaban J connectivity index is 1.95. The molecule has 0 aromatic heterocycles. The predicted octanol–water partition coefficient (Wildman–Crippen LogP) is 2.93. The second-order valence-electron chi connectivity index (χ2n) is 5.95. The van der Waals surface area contributed by atoms with Gasteiger partial charge in [-0.25, -0.2) is 4.39 Å². The van der Waals surface area contributed by atoms with Gasteiger partial charge in [-0.2, -0.15) is 10.1 Å². The van der Waals surface area contributed by atoms with E-state index in [0.717, 1.165) is 37.3 Å². The molecule has 0 radical (unpaired) electrons. The number of rotatable bonds is 4. The van der Waals surface area contributed by atoms with Crippen LogP contribution < -0.4 is 5.01 Å². The largest absolute Gasteiger partial charge is 0.378 e. The molecule has 0 unspecified atom stereocenters. The highest BCUT2D eigenvalue weighted by atomic mass is 19.1. The van der Waals surface area contributed by atoms with Gasteiger partial charge in [-0.1, -0.05) is 13.3 Å². The molecular weight excluding hydrogens is 309 g/mol. The van der Waals surface area contributed by atoms with Crippen molar-refractivity contribution in [3.05, 3.63) is 41.4 Å². The average Bonchev–Trinajstić information content (AvgIpc) is 2.92. The van der Waals surface area contributed by atoms with E-state index in [9.17, 15) is 9.18 Å². The van der Waals surface area contributed by atoms with E-state index in [1.54, 1.807) is 12.1 Å². The van der Waals surface area contributed by atoms with Crippen LogP contribution in [0.15, 0.2) is 40.6 Å². The molecule has 0 saturated carbocycles. The minimum Gasteiger partial charge on any atom is -0.378 e. The number of hydrogen-bond acceptors (Lipinski definition) is 4. The van der Waals surface area contributed by atoms with Crippen molar-refractivity contribution in [3.8, 4) is 0 Å². The van der Waals surface area contributed by atoms with Crippen molar-refractivity contribution in [2.45, 2.75) is 26.7 Å². The standard InChI is InChI=1S/C18H22FN3O2/c1-3-4-16-17(13(2)21-9-11-24-12-10-21)18(23)22(20-16)15-7-5-14(19)6-8-15/h5-8H,3-4,9-12H2,1-2H3. The Morgan fingerprint density at radius 2 is 1.92 bits per heavy atom. The van der Waals surface area contributed by atoms with Crippen LogP contribution in [0.3, 0.4) is 0 Å². The Morgan fingerprint density at radius 1 is 1.25 bits per heavy atom. The Labute approximate surface area is 141 Å². The summed E-state index contributed by atoms with van der Waals surface area (Å²) in [5.41, 5.74) is 3.00. The van der Waals surface area contributed by atoms with Crippen LogP contribution in [0.5, 0.6) is 0 Å². The molecule has 2 aliphatic heterocycles. The molecule has 0 spiro atoms. The number of hydrogen-bond donors (Lipinski definition) is 0. The van der Waals surface area contributed by atoms with Gasteiger partial charge in [0.05, 0.1) is 30.2 Å². The third kappa shape index (κ3) is 3.19. The van der Waals surface area contributed by atoms with Crippen molar-refractivity contribution in [1.82, 2.24) is 4.90 Å². The number of anilines is 1. The van der Waals surface area contributed by atoms with Crippen molar-refractivity contribution >= 4 is 17.3 Å². The van der Waals surface area contributed by atoms with Crippen LogP contribution in [-0.2, 0) is 9.53 Å². The Hall–Kier alpha value is -2.21. The second kappa shape index (κ2) is 7.13. The summed E-state index contributed by atoms with van der Waals surface area (Å²) in [5.74, 6) is -0.475. The molecule has 0 bridgehead atoms. The fraction of sp³-hybridized carbons (Fsp3) is 0.444. The van der Waals surface area contributed by atoms with Crippen LogP contribution in [0, 0.1) is 5.82 Å². The number of allylic oxidation sites excluding steroid dienone is 1. The van der Waals surface area contributed by atoms with Crippen LogP contribution in [-0.4, -0.2) is 42.8 Å². The Bertz CT molecular complexity index is 676. The third-order valence-electron chi connectivity index (χ3n) is 4.32. The van der Waals surface area contributed by atoms with E-state index in [2.05, 4.69) is 16.9 Å². The first-order valence-electron chi connectivity index (χ1n) is 8.33. The lowest BCUT2D eigenvalue weighted by Crippen LogP contribution is -2.37. The van der Waals surface area contributed by atoms with Gasteiger partial charge in [-0.15, -0.1) is 0 Å². The monoisotopic (exact) mass is 331 g/mol. The van der Waals surface area contributed by atoms with E-state index in [0.29, 0.717) is 24.5 Å². The maximum Gasteiger partial charge on any atom is 0.282 e. The molecule has 2 aliphatic rings. The fourth-order valence-electron chi connectivity index (χ4n) is 3.03. The van der Waals surface area contributed by atoms with Gasteiger partial charge < -0.3 is 9.64 Å². The molecule has 6 heteroatoms. The second-order valence-corrected chi connectivity index (χ2v) is 5.95. The maximum absolute atomic E-state index is 13.1. The minimum absolute atomic E-state index is 0.144. The summed E-state index contributed by atoms with van der Waals surface area (Å²) in [6.07, 6.45) is 1.64. The van der Waals surface area contributed by atoms with Crippen LogP contribution in [0.2, 0.25) is 0 Å². The molecule has 24 heavy (non-hydrogen) atoms. The lowest BCUT2D eigenvalue weighted by molar-refractivity contribution is -0.114. The van der Waals surface area contributed by atoms with Gasteiger partial charge >= 0.3 is 0 Å². The number of ether oxygens (including phenoxy) is 1. The Morgan fingerprint density at radius 3 is 2.54 bits per heavy atom. The lowest BCUT2D eigenvalue weighted by Gasteiger charge is -2.30. The first-order valence-corrected chi connectivity index (χ1v) is 8.33. The van der Waals surface area contributed by atoms with Crippen molar-refractivity contribution in [2.75, 3.05) is 31.3 Å². The van der Waals surface area contributed by atoms with Gasteiger partial charge in [0, 0.05) is 18.8 Å². The van der Waals surface area contributed by atoms with Crippen LogP contribution >= 0.6 is 0 Å². The van der Waals surface area contributed by atoms with Crippen LogP contribution in [0.4, 0.5) is 10.1 Å². The number of carbonyl (C=O) groups is 1. The number of amides is 1. The summed E-state index contributed by atoms with van der Waals surface area (Å²) in [4.78, 5) is 15.1. The molecule has 1 aromatic rings. The zero-order valence-electron chi connectivity index (χ0n) is 14.1. The van der Waals surface area contributed by atoms with E-state index >= 15 is 0 Å². The summed E-state index contributed by atoms with van der Waals surface area (Å²) in [7, 11) is 0. The number of carbonyl (C=O) groups excluding carboxylic acids is 1. The fourth-order valence-corrected chi connectivity index (χ4v) is 3.03.